The molecule has 0 N–H and O–H groups in total. The molecule has 0 aliphatic carbocycles. The van der Waals surface area contributed by atoms with Crippen molar-refractivity contribution in [3.05, 3.63) is 59.4 Å². The number of aromatic nitrogens is 3. The van der Waals surface area contributed by atoms with Crippen LogP contribution in [-0.2, 0) is 0 Å². The fraction of sp³-hybridized carbons (Fsp3) is 0.333. The van der Waals surface area contributed by atoms with Gasteiger partial charge in [0.15, 0.2) is 5.13 Å². The SMILES string of the molecule is CCN(CC)CCN(C(=O)c1ccc2nccnc2c1)c1nc2cc(C)cc(C)c2s1. The molecule has 0 aliphatic rings. The smallest absolute Gasteiger partial charge is 0.260 e. The lowest BCUT2D eigenvalue weighted by atomic mass is 10.1. The number of fused-ring (bicyclic) bond motifs is 2. The molecule has 4 rings (SSSR count). The minimum atomic E-state index is -0.0619. The Morgan fingerprint density at radius 1 is 0.935 bits per heavy atom. The first-order chi connectivity index (χ1) is 15.0. The Balaban J connectivity index is 1.74. The minimum Gasteiger partial charge on any atom is -0.302 e. The quantitative estimate of drug-likeness (QED) is 0.417. The molecule has 0 radical (unpaired) electrons. The monoisotopic (exact) mass is 433 g/mol. The maximum Gasteiger partial charge on any atom is 0.260 e. The number of aryl methyl sites for hydroxylation is 2. The number of hydrogen-bond acceptors (Lipinski definition) is 6. The van der Waals surface area contributed by atoms with Crippen molar-refractivity contribution in [2.75, 3.05) is 31.1 Å². The van der Waals surface area contributed by atoms with E-state index in [9.17, 15) is 4.79 Å². The fourth-order valence-corrected chi connectivity index (χ4v) is 4.84. The molecule has 160 valence electrons. The van der Waals surface area contributed by atoms with Gasteiger partial charge >= 0.3 is 0 Å². The Morgan fingerprint density at radius 3 is 2.42 bits per heavy atom. The summed E-state index contributed by atoms with van der Waals surface area (Å²) in [7, 11) is 0. The van der Waals surface area contributed by atoms with Gasteiger partial charge in [-0.25, -0.2) is 4.98 Å². The lowest BCUT2D eigenvalue weighted by molar-refractivity contribution is 0.0984. The number of amides is 1. The van der Waals surface area contributed by atoms with Crippen LogP contribution >= 0.6 is 11.3 Å². The lowest BCUT2D eigenvalue weighted by Gasteiger charge is -2.24. The second-order valence-electron chi connectivity index (χ2n) is 7.67. The predicted octanol–water partition coefficient (Wildman–Crippen LogP) is 4.84. The highest BCUT2D eigenvalue weighted by atomic mass is 32.1. The second kappa shape index (κ2) is 9.08. The third-order valence-electron chi connectivity index (χ3n) is 5.54. The van der Waals surface area contributed by atoms with Crippen LogP contribution in [0.3, 0.4) is 0 Å². The van der Waals surface area contributed by atoms with Crippen LogP contribution in [0.2, 0.25) is 0 Å². The van der Waals surface area contributed by atoms with Gasteiger partial charge in [0, 0.05) is 31.0 Å². The highest BCUT2D eigenvalue weighted by Gasteiger charge is 2.23. The zero-order valence-corrected chi connectivity index (χ0v) is 19.2. The van der Waals surface area contributed by atoms with Crippen LogP contribution in [0.1, 0.15) is 35.3 Å². The number of rotatable bonds is 7. The number of carbonyl (C=O) groups is 1. The first-order valence-electron chi connectivity index (χ1n) is 10.6. The van der Waals surface area contributed by atoms with Crippen LogP contribution in [-0.4, -0.2) is 51.9 Å². The topological polar surface area (TPSA) is 62.2 Å². The van der Waals surface area contributed by atoms with Crippen LogP contribution in [0.5, 0.6) is 0 Å². The van der Waals surface area contributed by atoms with Crippen molar-refractivity contribution < 1.29 is 4.79 Å². The molecule has 0 saturated carbocycles. The Kier molecular flexibility index (Phi) is 6.25. The largest absolute Gasteiger partial charge is 0.302 e. The first-order valence-corrected chi connectivity index (χ1v) is 11.4. The van der Waals surface area contributed by atoms with Crippen LogP contribution in [0.25, 0.3) is 21.3 Å². The van der Waals surface area contributed by atoms with Gasteiger partial charge in [0.25, 0.3) is 5.91 Å². The standard InChI is InChI=1S/C24H27N5OS/c1-5-28(6-2)11-12-29(24-27-21-14-16(3)13-17(4)22(21)31-24)23(30)18-7-8-19-20(15-18)26-10-9-25-19/h7-10,13-15H,5-6,11-12H2,1-4H3. The Bertz CT molecular complexity index is 1230. The van der Waals surface area contributed by atoms with Crippen LogP contribution in [0.15, 0.2) is 42.7 Å². The van der Waals surface area contributed by atoms with Crippen molar-refractivity contribution in [3.8, 4) is 0 Å². The van der Waals surface area contributed by atoms with E-state index in [1.54, 1.807) is 23.7 Å². The zero-order chi connectivity index (χ0) is 22.0. The lowest BCUT2D eigenvalue weighted by Crippen LogP contribution is -2.38. The van der Waals surface area contributed by atoms with E-state index in [0.29, 0.717) is 17.6 Å². The first kappa shape index (κ1) is 21.3. The maximum absolute atomic E-state index is 13.6. The summed E-state index contributed by atoms with van der Waals surface area (Å²) in [5, 5.41) is 0.736. The van der Waals surface area contributed by atoms with Gasteiger partial charge in [-0.2, -0.15) is 0 Å². The van der Waals surface area contributed by atoms with Crippen molar-refractivity contribution in [1.82, 2.24) is 19.9 Å². The number of carbonyl (C=O) groups excluding carboxylic acids is 1. The van der Waals surface area contributed by atoms with E-state index >= 15 is 0 Å². The molecule has 2 aromatic heterocycles. The maximum atomic E-state index is 13.6. The molecule has 0 spiro atoms. The molecule has 6 nitrogen and oxygen atoms in total. The Morgan fingerprint density at radius 2 is 1.68 bits per heavy atom. The highest BCUT2D eigenvalue weighted by molar-refractivity contribution is 7.22. The van der Waals surface area contributed by atoms with Gasteiger partial charge in [-0.05, 0) is 62.3 Å². The molecule has 0 aliphatic heterocycles. The highest BCUT2D eigenvalue weighted by Crippen LogP contribution is 2.33. The van der Waals surface area contributed by atoms with E-state index in [2.05, 4.69) is 54.7 Å². The molecule has 7 heteroatoms. The summed E-state index contributed by atoms with van der Waals surface area (Å²) in [5.41, 5.74) is 5.40. The zero-order valence-electron chi connectivity index (χ0n) is 18.4. The molecular formula is C24H27N5OS. The molecule has 0 fully saturated rings. The van der Waals surface area contributed by atoms with Crippen LogP contribution < -0.4 is 4.90 Å². The van der Waals surface area contributed by atoms with Crippen molar-refractivity contribution in [2.45, 2.75) is 27.7 Å². The predicted molar refractivity (Wildman–Crippen MR) is 128 cm³/mol. The Labute approximate surface area is 186 Å². The van der Waals surface area contributed by atoms with Gasteiger partial charge in [0.05, 0.1) is 21.3 Å². The normalized spacial score (nSPS) is 11.5. The molecule has 2 aromatic carbocycles. The van der Waals surface area contributed by atoms with Gasteiger partial charge in [-0.1, -0.05) is 31.3 Å². The summed E-state index contributed by atoms with van der Waals surface area (Å²) < 4.78 is 1.13. The second-order valence-corrected chi connectivity index (χ2v) is 8.65. The molecule has 1 amide bonds. The van der Waals surface area contributed by atoms with Gasteiger partial charge in [0.1, 0.15) is 0 Å². The molecule has 0 atom stereocenters. The van der Waals surface area contributed by atoms with Gasteiger partial charge in [0.2, 0.25) is 0 Å². The van der Waals surface area contributed by atoms with Gasteiger partial charge in [-0.3, -0.25) is 19.7 Å². The van der Waals surface area contributed by atoms with E-state index in [0.717, 1.165) is 40.5 Å². The number of benzene rings is 2. The van der Waals surface area contributed by atoms with E-state index in [4.69, 9.17) is 4.98 Å². The van der Waals surface area contributed by atoms with Crippen LogP contribution in [0.4, 0.5) is 5.13 Å². The third kappa shape index (κ3) is 4.43. The fourth-order valence-electron chi connectivity index (χ4n) is 3.80. The summed E-state index contributed by atoms with van der Waals surface area (Å²) in [6.07, 6.45) is 3.30. The molecule has 31 heavy (non-hydrogen) atoms. The summed E-state index contributed by atoms with van der Waals surface area (Å²) in [6.45, 7) is 11.7. The molecule has 0 bridgehead atoms. The van der Waals surface area contributed by atoms with E-state index in [1.807, 2.05) is 23.1 Å². The Hall–Kier alpha value is -2.90. The number of thiazole rings is 1. The average Bonchev–Trinajstić information content (AvgIpc) is 3.20. The molecule has 0 saturated heterocycles. The van der Waals surface area contributed by atoms with Gasteiger partial charge in [-0.15, -0.1) is 0 Å². The van der Waals surface area contributed by atoms with Crippen molar-refractivity contribution in [2.24, 2.45) is 0 Å². The van der Waals surface area contributed by atoms with E-state index < -0.39 is 0 Å². The van der Waals surface area contributed by atoms with Crippen molar-refractivity contribution in [3.63, 3.8) is 0 Å². The summed E-state index contributed by atoms with van der Waals surface area (Å²) in [5.74, 6) is -0.0619. The average molecular weight is 434 g/mol. The molecule has 0 unspecified atom stereocenters. The number of likely N-dealkylation sites (N-methyl/N-ethyl adjacent to an activating group) is 1. The summed E-state index contributed by atoms with van der Waals surface area (Å²) >= 11 is 1.58. The van der Waals surface area contributed by atoms with Gasteiger partial charge < -0.3 is 4.90 Å². The minimum absolute atomic E-state index is 0.0619. The number of nitrogens with zero attached hydrogens (tertiary/aromatic N) is 5. The van der Waals surface area contributed by atoms with Crippen molar-refractivity contribution >= 4 is 43.6 Å². The van der Waals surface area contributed by atoms with E-state index in [-0.39, 0.29) is 5.91 Å². The molecule has 4 aromatic rings. The van der Waals surface area contributed by atoms with Crippen LogP contribution in [0, 0.1) is 13.8 Å². The van der Waals surface area contributed by atoms with Crippen molar-refractivity contribution in [1.29, 1.82) is 0 Å². The van der Waals surface area contributed by atoms with E-state index in [1.165, 1.54) is 11.1 Å². The molecular weight excluding hydrogens is 406 g/mol. The summed E-state index contributed by atoms with van der Waals surface area (Å²) in [4.78, 5) is 31.3. The number of anilines is 1. The third-order valence-corrected chi connectivity index (χ3v) is 6.76. The molecule has 2 heterocycles. The summed E-state index contributed by atoms with van der Waals surface area (Å²) in [6, 6.07) is 9.74. The number of hydrogen-bond donors (Lipinski definition) is 0.